The van der Waals surface area contributed by atoms with Gasteiger partial charge in [0.05, 0.1) is 12.1 Å². The van der Waals surface area contributed by atoms with Gasteiger partial charge in [-0.2, -0.15) is 9.97 Å². The van der Waals surface area contributed by atoms with Crippen LogP contribution in [0.4, 0.5) is 5.82 Å². The maximum absolute atomic E-state index is 5.58. The Morgan fingerprint density at radius 2 is 2.14 bits per heavy atom. The highest BCUT2D eigenvalue weighted by Gasteiger charge is 2.27. The molecule has 0 radical (unpaired) electrons. The predicted octanol–water partition coefficient (Wildman–Crippen LogP) is 2.46. The SMILES string of the molecule is CCOc1nc(N2CCNCC2C(C)C)c2ccccc2n1. The van der Waals surface area contributed by atoms with E-state index < -0.39 is 0 Å². The lowest BCUT2D eigenvalue weighted by atomic mass is 10.00. The van der Waals surface area contributed by atoms with Crippen LogP contribution in [0.2, 0.25) is 0 Å². The quantitative estimate of drug-likeness (QED) is 0.940. The van der Waals surface area contributed by atoms with Crippen LogP contribution in [0, 0.1) is 5.92 Å². The zero-order valence-electron chi connectivity index (χ0n) is 13.5. The minimum Gasteiger partial charge on any atom is -0.464 e. The van der Waals surface area contributed by atoms with Gasteiger partial charge in [0, 0.05) is 31.1 Å². The minimum atomic E-state index is 0.432. The average Bonchev–Trinajstić information content (AvgIpc) is 2.54. The van der Waals surface area contributed by atoms with Crippen molar-refractivity contribution in [3.8, 4) is 6.01 Å². The lowest BCUT2D eigenvalue weighted by Gasteiger charge is -2.40. The van der Waals surface area contributed by atoms with Crippen LogP contribution in [0.5, 0.6) is 6.01 Å². The molecule has 1 aromatic carbocycles. The highest BCUT2D eigenvalue weighted by Crippen LogP contribution is 2.29. The van der Waals surface area contributed by atoms with E-state index in [2.05, 4.69) is 35.1 Å². The van der Waals surface area contributed by atoms with Crippen LogP contribution < -0.4 is 15.0 Å². The third-order valence-electron chi connectivity index (χ3n) is 4.16. The second-order valence-electron chi connectivity index (χ2n) is 5.99. The van der Waals surface area contributed by atoms with Crippen molar-refractivity contribution in [1.29, 1.82) is 0 Å². The molecule has 0 bridgehead atoms. The first-order chi connectivity index (χ1) is 10.7. The Kier molecular flexibility index (Phi) is 4.43. The molecule has 1 unspecified atom stereocenters. The summed E-state index contributed by atoms with van der Waals surface area (Å²) in [4.78, 5) is 11.6. The Morgan fingerprint density at radius 3 is 2.91 bits per heavy atom. The molecule has 3 rings (SSSR count). The largest absolute Gasteiger partial charge is 0.464 e. The summed E-state index contributed by atoms with van der Waals surface area (Å²) in [5.41, 5.74) is 0.942. The van der Waals surface area contributed by atoms with Gasteiger partial charge in [0.25, 0.3) is 0 Å². The van der Waals surface area contributed by atoms with E-state index in [0.717, 1.165) is 36.4 Å². The first kappa shape index (κ1) is 15.0. The number of ether oxygens (including phenoxy) is 1. The van der Waals surface area contributed by atoms with Crippen LogP contribution in [0.15, 0.2) is 24.3 Å². The molecule has 0 amide bonds. The number of rotatable bonds is 4. The van der Waals surface area contributed by atoms with Crippen molar-refractivity contribution < 1.29 is 4.74 Å². The van der Waals surface area contributed by atoms with Gasteiger partial charge in [0.1, 0.15) is 5.82 Å². The molecule has 1 N–H and O–H groups in total. The van der Waals surface area contributed by atoms with Gasteiger partial charge in [-0.25, -0.2) is 0 Å². The van der Waals surface area contributed by atoms with Crippen molar-refractivity contribution in [1.82, 2.24) is 15.3 Å². The number of piperazine rings is 1. The number of hydrogen-bond acceptors (Lipinski definition) is 5. The molecule has 5 nitrogen and oxygen atoms in total. The number of hydrogen-bond donors (Lipinski definition) is 1. The van der Waals surface area contributed by atoms with E-state index in [1.165, 1.54) is 0 Å². The van der Waals surface area contributed by atoms with Crippen LogP contribution >= 0.6 is 0 Å². The van der Waals surface area contributed by atoms with Gasteiger partial charge in [-0.05, 0) is 25.0 Å². The minimum absolute atomic E-state index is 0.432. The second-order valence-corrected chi connectivity index (χ2v) is 5.99. The number of nitrogens with one attached hydrogen (secondary N) is 1. The van der Waals surface area contributed by atoms with Crippen molar-refractivity contribution in [2.24, 2.45) is 5.92 Å². The molecule has 1 aromatic heterocycles. The second kappa shape index (κ2) is 6.48. The molecule has 0 aliphatic carbocycles. The van der Waals surface area contributed by atoms with Gasteiger partial charge in [-0.1, -0.05) is 26.0 Å². The number of anilines is 1. The van der Waals surface area contributed by atoms with Crippen molar-refractivity contribution in [2.45, 2.75) is 26.8 Å². The van der Waals surface area contributed by atoms with Gasteiger partial charge in [0.15, 0.2) is 0 Å². The Hall–Kier alpha value is -1.88. The molecule has 1 fully saturated rings. The molecule has 1 atom stereocenters. The molecule has 1 aliphatic rings. The van der Waals surface area contributed by atoms with Crippen LogP contribution in [-0.4, -0.2) is 42.3 Å². The molecule has 0 spiro atoms. The number of aromatic nitrogens is 2. The van der Waals surface area contributed by atoms with Gasteiger partial charge in [-0.3, -0.25) is 0 Å². The third kappa shape index (κ3) is 2.86. The number of nitrogens with zero attached hydrogens (tertiary/aromatic N) is 3. The van der Waals surface area contributed by atoms with Crippen LogP contribution in [-0.2, 0) is 0 Å². The standard InChI is InChI=1S/C17H24N4O/c1-4-22-17-19-14-8-6-5-7-13(14)16(20-17)21-10-9-18-11-15(21)12(2)3/h5-8,12,15,18H,4,9-11H2,1-3H3. The van der Waals surface area contributed by atoms with Gasteiger partial charge in [0.2, 0.25) is 0 Å². The van der Waals surface area contributed by atoms with E-state index in [1.807, 2.05) is 25.1 Å². The van der Waals surface area contributed by atoms with Crippen molar-refractivity contribution in [3.05, 3.63) is 24.3 Å². The lowest BCUT2D eigenvalue weighted by Crippen LogP contribution is -2.54. The molecule has 1 saturated heterocycles. The van der Waals surface area contributed by atoms with E-state index >= 15 is 0 Å². The highest BCUT2D eigenvalue weighted by molar-refractivity contribution is 5.90. The molecular formula is C17H24N4O. The first-order valence-corrected chi connectivity index (χ1v) is 8.07. The normalized spacial score (nSPS) is 18.9. The van der Waals surface area contributed by atoms with Crippen LogP contribution in [0.1, 0.15) is 20.8 Å². The molecule has 2 aromatic rings. The molecule has 22 heavy (non-hydrogen) atoms. The molecule has 1 aliphatic heterocycles. The van der Waals surface area contributed by atoms with E-state index in [1.54, 1.807) is 0 Å². The summed E-state index contributed by atoms with van der Waals surface area (Å²) < 4.78 is 5.58. The fraction of sp³-hybridized carbons (Fsp3) is 0.529. The topological polar surface area (TPSA) is 50.3 Å². The van der Waals surface area contributed by atoms with Gasteiger partial charge < -0.3 is 15.0 Å². The summed E-state index contributed by atoms with van der Waals surface area (Å²) in [5, 5.41) is 4.58. The Balaban J connectivity index is 2.10. The summed E-state index contributed by atoms with van der Waals surface area (Å²) in [5.74, 6) is 1.55. The van der Waals surface area contributed by atoms with Crippen molar-refractivity contribution in [3.63, 3.8) is 0 Å². The van der Waals surface area contributed by atoms with Crippen molar-refractivity contribution >= 4 is 16.7 Å². The number of benzene rings is 1. The van der Waals surface area contributed by atoms with Crippen LogP contribution in [0.25, 0.3) is 10.9 Å². The van der Waals surface area contributed by atoms with E-state index in [4.69, 9.17) is 9.72 Å². The third-order valence-corrected chi connectivity index (χ3v) is 4.16. The van der Waals surface area contributed by atoms with Crippen LogP contribution in [0.3, 0.4) is 0 Å². The smallest absolute Gasteiger partial charge is 0.318 e. The summed E-state index contributed by atoms with van der Waals surface area (Å²) in [6.45, 7) is 9.98. The fourth-order valence-electron chi connectivity index (χ4n) is 3.04. The zero-order valence-corrected chi connectivity index (χ0v) is 13.5. The van der Waals surface area contributed by atoms with Gasteiger partial charge in [-0.15, -0.1) is 0 Å². The molecule has 5 heteroatoms. The number of fused-ring (bicyclic) bond motifs is 1. The molecule has 2 heterocycles. The Morgan fingerprint density at radius 1 is 1.32 bits per heavy atom. The Bertz CT molecular complexity index is 644. The Labute approximate surface area is 131 Å². The van der Waals surface area contributed by atoms with E-state index in [9.17, 15) is 0 Å². The first-order valence-electron chi connectivity index (χ1n) is 8.07. The fourth-order valence-corrected chi connectivity index (χ4v) is 3.04. The summed E-state index contributed by atoms with van der Waals surface area (Å²) in [6.07, 6.45) is 0. The maximum Gasteiger partial charge on any atom is 0.318 e. The number of para-hydroxylation sites is 1. The molecule has 118 valence electrons. The van der Waals surface area contributed by atoms with E-state index in [-0.39, 0.29) is 0 Å². The molecule has 0 saturated carbocycles. The average molecular weight is 300 g/mol. The predicted molar refractivity (Wildman–Crippen MR) is 89.5 cm³/mol. The highest BCUT2D eigenvalue weighted by atomic mass is 16.5. The lowest BCUT2D eigenvalue weighted by molar-refractivity contribution is 0.312. The summed E-state index contributed by atoms with van der Waals surface area (Å²) >= 11 is 0. The zero-order chi connectivity index (χ0) is 15.5. The maximum atomic E-state index is 5.58. The summed E-state index contributed by atoms with van der Waals surface area (Å²) in [7, 11) is 0. The molecular weight excluding hydrogens is 276 g/mol. The van der Waals surface area contributed by atoms with Crippen molar-refractivity contribution in [2.75, 3.05) is 31.1 Å². The van der Waals surface area contributed by atoms with E-state index in [0.29, 0.717) is 24.6 Å². The summed E-state index contributed by atoms with van der Waals surface area (Å²) in [6, 6.07) is 9.07. The monoisotopic (exact) mass is 300 g/mol. The van der Waals surface area contributed by atoms with Gasteiger partial charge >= 0.3 is 6.01 Å².